The van der Waals surface area contributed by atoms with Crippen molar-refractivity contribution in [1.29, 1.82) is 0 Å². The maximum atomic E-state index is 5.29. The maximum absolute atomic E-state index is 5.29. The standard InChI is InChI=1S/C14H14O/c1-2-10-3-4-12-8-13(14-9-15-14)6-5-11(12)7-10/h3-8,14H,2,9H2,1H3. The van der Waals surface area contributed by atoms with Gasteiger partial charge in [-0.25, -0.2) is 0 Å². The van der Waals surface area contributed by atoms with Crippen LogP contribution in [-0.2, 0) is 11.2 Å². The fraction of sp³-hybridized carbons (Fsp3) is 0.286. The molecule has 2 aromatic rings. The van der Waals surface area contributed by atoms with Gasteiger partial charge in [-0.3, -0.25) is 0 Å². The number of rotatable bonds is 2. The minimum absolute atomic E-state index is 0.361. The van der Waals surface area contributed by atoms with Gasteiger partial charge in [-0.05, 0) is 34.4 Å². The van der Waals surface area contributed by atoms with Crippen molar-refractivity contribution < 1.29 is 4.74 Å². The monoisotopic (exact) mass is 198 g/mol. The van der Waals surface area contributed by atoms with E-state index < -0.39 is 0 Å². The van der Waals surface area contributed by atoms with E-state index in [0.717, 1.165) is 13.0 Å². The number of ether oxygens (including phenoxy) is 1. The van der Waals surface area contributed by atoms with Crippen LogP contribution < -0.4 is 0 Å². The van der Waals surface area contributed by atoms with Crippen molar-refractivity contribution in [2.75, 3.05) is 6.61 Å². The Kier molecular flexibility index (Phi) is 2.00. The first-order valence-corrected chi connectivity index (χ1v) is 5.51. The largest absolute Gasteiger partial charge is 0.368 e. The Morgan fingerprint density at radius 3 is 2.60 bits per heavy atom. The first-order chi connectivity index (χ1) is 7.36. The highest BCUT2D eigenvalue weighted by Gasteiger charge is 2.24. The molecule has 0 saturated carbocycles. The smallest absolute Gasteiger partial charge is 0.106 e. The summed E-state index contributed by atoms with van der Waals surface area (Å²) in [6.07, 6.45) is 1.46. The van der Waals surface area contributed by atoms with E-state index in [-0.39, 0.29) is 0 Å². The highest BCUT2D eigenvalue weighted by atomic mass is 16.6. The van der Waals surface area contributed by atoms with Crippen LogP contribution in [0.5, 0.6) is 0 Å². The van der Waals surface area contributed by atoms with Crippen molar-refractivity contribution >= 4 is 10.8 Å². The Morgan fingerprint density at radius 2 is 1.87 bits per heavy atom. The molecule has 1 aliphatic heterocycles. The predicted molar refractivity (Wildman–Crippen MR) is 62.0 cm³/mol. The number of epoxide rings is 1. The van der Waals surface area contributed by atoms with Gasteiger partial charge in [0.2, 0.25) is 0 Å². The summed E-state index contributed by atoms with van der Waals surface area (Å²) >= 11 is 0. The van der Waals surface area contributed by atoms with Gasteiger partial charge in [-0.1, -0.05) is 37.3 Å². The van der Waals surface area contributed by atoms with Crippen molar-refractivity contribution in [2.24, 2.45) is 0 Å². The maximum Gasteiger partial charge on any atom is 0.106 e. The Morgan fingerprint density at radius 1 is 1.13 bits per heavy atom. The number of hydrogen-bond donors (Lipinski definition) is 0. The molecular formula is C14H14O. The van der Waals surface area contributed by atoms with E-state index in [4.69, 9.17) is 4.74 Å². The highest BCUT2D eigenvalue weighted by Crippen LogP contribution is 2.31. The summed E-state index contributed by atoms with van der Waals surface area (Å²) in [5.41, 5.74) is 2.71. The van der Waals surface area contributed by atoms with Crippen LogP contribution in [0.2, 0.25) is 0 Å². The lowest BCUT2D eigenvalue weighted by Gasteiger charge is -2.03. The summed E-state index contributed by atoms with van der Waals surface area (Å²) in [6.45, 7) is 3.08. The van der Waals surface area contributed by atoms with Gasteiger partial charge in [-0.15, -0.1) is 0 Å². The lowest BCUT2D eigenvalue weighted by molar-refractivity contribution is 0.416. The molecule has 15 heavy (non-hydrogen) atoms. The van der Waals surface area contributed by atoms with Gasteiger partial charge in [0.1, 0.15) is 6.10 Å². The second kappa shape index (κ2) is 3.35. The molecule has 1 nitrogen and oxygen atoms in total. The minimum atomic E-state index is 0.361. The van der Waals surface area contributed by atoms with E-state index in [1.165, 1.54) is 21.9 Å². The number of benzene rings is 2. The summed E-state index contributed by atoms with van der Waals surface area (Å²) in [7, 11) is 0. The molecular weight excluding hydrogens is 184 g/mol. The van der Waals surface area contributed by atoms with Gasteiger partial charge < -0.3 is 4.74 Å². The first kappa shape index (κ1) is 8.93. The summed E-state index contributed by atoms with van der Waals surface area (Å²) in [6, 6.07) is 13.3. The third-order valence-electron chi connectivity index (χ3n) is 3.04. The zero-order valence-corrected chi connectivity index (χ0v) is 8.86. The average Bonchev–Trinajstić information content (AvgIpc) is 3.11. The summed E-state index contributed by atoms with van der Waals surface area (Å²) in [5, 5.41) is 2.65. The van der Waals surface area contributed by atoms with Crippen molar-refractivity contribution in [3.8, 4) is 0 Å². The van der Waals surface area contributed by atoms with Crippen LogP contribution in [-0.4, -0.2) is 6.61 Å². The lowest BCUT2D eigenvalue weighted by atomic mass is 10.0. The topological polar surface area (TPSA) is 12.5 Å². The molecule has 1 fully saturated rings. The summed E-state index contributed by atoms with van der Waals surface area (Å²) in [5.74, 6) is 0. The molecule has 76 valence electrons. The van der Waals surface area contributed by atoms with Gasteiger partial charge in [0.05, 0.1) is 6.61 Å². The Bertz CT molecular complexity index is 498. The normalized spacial score (nSPS) is 19.4. The molecule has 0 radical (unpaired) electrons. The Labute approximate surface area is 89.7 Å². The molecule has 0 amide bonds. The van der Waals surface area contributed by atoms with Crippen molar-refractivity contribution in [3.05, 3.63) is 47.5 Å². The molecule has 2 aromatic carbocycles. The zero-order valence-electron chi connectivity index (χ0n) is 8.86. The number of hydrogen-bond acceptors (Lipinski definition) is 1. The van der Waals surface area contributed by atoms with Gasteiger partial charge >= 0.3 is 0 Å². The van der Waals surface area contributed by atoms with Crippen molar-refractivity contribution in [3.63, 3.8) is 0 Å². The van der Waals surface area contributed by atoms with Crippen LogP contribution in [0.3, 0.4) is 0 Å². The molecule has 1 unspecified atom stereocenters. The van der Waals surface area contributed by atoms with Crippen LogP contribution in [0.15, 0.2) is 36.4 Å². The van der Waals surface area contributed by atoms with Crippen LogP contribution in [0.4, 0.5) is 0 Å². The zero-order chi connectivity index (χ0) is 10.3. The second-order valence-corrected chi connectivity index (χ2v) is 4.12. The summed E-state index contributed by atoms with van der Waals surface area (Å²) < 4.78 is 5.29. The molecule has 0 aliphatic carbocycles. The molecule has 1 aliphatic rings. The fourth-order valence-corrected chi connectivity index (χ4v) is 1.97. The number of fused-ring (bicyclic) bond motifs is 1. The van der Waals surface area contributed by atoms with Crippen LogP contribution in [0.25, 0.3) is 10.8 Å². The molecule has 1 heterocycles. The quantitative estimate of drug-likeness (QED) is 0.673. The Balaban J connectivity index is 2.11. The third-order valence-corrected chi connectivity index (χ3v) is 3.04. The molecule has 1 saturated heterocycles. The Hall–Kier alpha value is -1.34. The van der Waals surface area contributed by atoms with E-state index >= 15 is 0 Å². The van der Waals surface area contributed by atoms with E-state index in [9.17, 15) is 0 Å². The van der Waals surface area contributed by atoms with Gasteiger partial charge in [-0.2, -0.15) is 0 Å². The van der Waals surface area contributed by atoms with Crippen LogP contribution >= 0.6 is 0 Å². The van der Waals surface area contributed by atoms with Gasteiger partial charge in [0.25, 0.3) is 0 Å². The second-order valence-electron chi connectivity index (χ2n) is 4.12. The highest BCUT2D eigenvalue weighted by molar-refractivity contribution is 5.84. The number of aryl methyl sites for hydroxylation is 1. The lowest BCUT2D eigenvalue weighted by Crippen LogP contribution is -1.83. The molecule has 1 heteroatoms. The molecule has 0 bridgehead atoms. The molecule has 0 spiro atoms. The van der Waals surface area contributed by atoms with Crippen LogP contribution in [0, 0.1) is 0 Å². The van der Waals surface area contributed by atoms with E-state index in [1.807, 2.05) is 0 Å². The summed E-state index contributed by atoms with van der Waals surface area (Å²) in [4.78, 5) is 0. The molecule has 3 rings (SSSR count). The molecule has 0 N–H and O–H groups in total. The average molecular weight is 198 g/mol. The van der Waals surface area contributed by atoms with E-state index in [2.05, 4.69) is 43.3 Å². The third kappa shape index (κ3) is 1.64. The van der Waals surface area contributed by atoms with Crippen molar-refractivity contribution in [2.45, 2.75) is 19.4 Å². The van der Waals surface area contributed by atoms with E-state index in [1.54, 1.807) is 0 Å². The van der Waals surface area contributed by atoms with Crippen molar-refractivity contribution in [1.82, 2.24) is 0 Å². The van der Waals surface area contributed by atoms with E-state index in [0.29, 0.717) is 6.10 Å². The fourth-order valence-electron chi connectivity index (χ4n) is 1.97. The SMILES string of the molecule is CCc1ccc2cc(C3CO3)ccc2c1. The van der Waals surface area contributed by atoms with Crippen LogP contribution in [0.1, 0.15) is 24.2 Å². The molecule has 1 atom stereocenters. The van der Waals surface area contributed by atoms with Gasteiger partial charge in [0.15, 0.2) is 0 Å². The molecule has 0 aromatic heterocycles. The van der Waals surface area contributed by atoms with Gasteiger partial charge in [0, 0.05) is 0 Å². The predicted octanol–water partition coefficient (Wildman–Crippen LogP) is 3.47. The first-order valence-electron chi connectivity index (χ1n) is 5.51. The minimum Gasteiger partial charge on any atom is -0.368 e.